The first kappa shape index (κ1) is 18.3. The van der Waals surface area contributed by atoms with Crippen molar-refractivity contribution in [3.63, 3.8) is 0 Å². The van der Waals surface area contributed by atoms with Gasteiger partial charge in [0.05, 0.1) is 0 Å². The molecule has 1 rings (SSSR count). The summed E-state index contributed by atoms with van der Waals surface area (Å²) in [4.78, 5) is 25.3. The van der Waals surface area contributed by atoms with Crippen LogP contribution in [0.2, 0.25) is 0 Å². The summed E-state index contributed by atoms with van der Waals surface area (Å²) in [6.45, 7) is 3.55. The lowest BCUT2D eigenvalue weighted by Gasteiger charge is -2.05. The first-order chi connectivity index (χ1) is 9.04. The molecule has 0 bridgehead atoms. The first-order valence-electron chi connectivity index (χ1n) is 6.14. The molecule has 0 unspecified atom stereocenters. The van der Waals surface area contributed by atoms with E-state index in [-0.39, 0.29) is 30.6 Å². The van der Waals surface area contributed by atoms with Crippen LogP contribution in [0.4, 0.5) is 5.82 Å². The van der Waals surface area contributed by atoms with E-state index in [1.807, 2.05) is 7.05 Å². The third-order valence-corrected chi connectivity index (χ3v) is 2.66. The molecule has 0 saturated carbocycles. The predicted molar refractivity (Wildman–Crippen MR) is 77.0 cm³/mol. The Morgan fingerprint density at radius 1 is 1.50 bits per heavy atom. The summed E-state index contributed by atoms with van der Waals surface area (Å²) in [7, 11) is 1.86. The van der Waals surface area contributed by atoms with Gasteiger partial charge in [-0.15, -0.1) is 12.4 Å². The number of hydrogen-bond donors (Lipinski definition) is 2. The average molecular weight is 306 g/mol. The molecule has 20 heavy (non-hydrogen) atoms. The van der Waals surface area contributed by atoms with Crippen LogP contribution in [-0.2, 0) is 11.3 Å². The van der Waals surface area contributed by atoms with E-state index in [2.05, 4.69) is 15.6 Å². The monoisotopic (exact) mass is 305 g/mol. The molecule has 1 heterocycles. The molecule has 0 aliphatic carbocycles. The normalized spacial score (nSPS) is 9.90. The van der Waals surface area contributed by atoms with Crippen molar-refractivity contribution in [2.24, 2.45) is 0 Å². The molecule has 1 aromatic heterocycles. The lowest BCUT2D eigenvalue weighted by atomic mass is 10.3. The number of hydrogen-bond acceptors (Lipinski definition) is 5. The summed E-state index contributed by atoms with van der Waals surface area (Å²) < 4.78 is 1.62. The van der Waals surface area contributed by atoms with E-state index in [9.17, 15) is 14.9 Å². The highest BCUT2D eigenvalue weighted by atomic mass is 35.5. The Morgan fingerprint density at radius 3 is 2.75 bits per heavy atom. The molecule has 114 valence electrons. The van der Waals surface area contributed by atoms with Crippen LogP contribution in [0.3, 0.4) is 0 Å². The van der Waals surface area contributed by atoms with Gasteiger partial charge in [0.25, 0.3) is 0 Å². The van der Waals surface area contributed by atoms with E-state index in [0.717, 1.165) is 13.0 Å². The lowest BCUT2D eigenvalue weighted by Crippen LogP contribution is -2.27. The number of imidazole rings is 1. The van der Waals surface area contributed by atoms with Gasteiger partial charge in [-0.25, -0.2) is 0 Å². The van der Waals surface area contributed by atoms with Crippen molar-refractivity contribution in [3.8, 4) is 0 Å². The number of nitrogens with zero attached hydrogens (tertiary/aromatic N) is 3. The van der Waals surface area contributed by atoms with Crippen LogP contribution in [0.15, 0.2) is 6.20 Å². The number of halogens is 1. The summed E-state index contributed by atoms with van der Waals surface area (Å²) in [5.74, 6) is 0.286. The Bertz CT molecular complexity index is 449. The smallest absolute Gasteiger partial charge is 0.358 e. The van der Waals surface area contributed by atoms with Crippen molar-refractivity contribution in [2.45, 2.75) is 26.3 Å². The fourth-order valence-electron chi connectivity index (χ4n) is 1.61. The largest absolute Gasteiger partial charge is 0.381 e. The van der Waals surface area contributed by atoms with E-state index in [0.29, 0.717) is 18.9 Å². The molecule has 0 saturated heterocycles. The van der Waals surface area contributed by atoms with Crippen LogP contribution in [0.1, 0.15) is 18.7 Å². The number of aryl methyl sites for hydroxylation is 2. The summed E-state index contributed by atoms with van der Waals surface area (Å²) in [5, 5.41) is 16.3. The Morgan fingerprint density at radius 2 is 2.20 bits per heavy atom. The van der Waals surface area contributed by atoms with Gasteiger partial charge in [-0.05, 0) is 29.9 Å². The molecule has 8 nitrogen and oxygen atoms in total. The highest BCUT2D eigenvalue weighted by molar-refractivity contribution is 5.85. The minimum absolute atomic E-state index is 0. The topological polar surface area (TPSA) is 102 Å². The Balaban J connectivity index is 0.00000361. The Hall–Kier alpha value is -1.67. The van der Waals surface area contributed by atoms with Crippen LogP contribution in [0, 0.1) is 17.0 Å². The molecule has 0 aliphatic heterocycles. The second kappa shape index (κ2) is 9.27. The third kappa shape index (κ3) is 5.98. The zero-order chi connectivity index (χ0) is 14.3. The zero-order valence-corrected chi connectivity index (χ0v) is 12.4. The number of carbonyl (C=O) groups is 1. The minimum Gasteiger partial charge on any atom is -0.358 e. The molecule has 9 heteroatoms. The van der Waals surface area contributed by atoms with Gasteiger partial charge in [0.15, 0.2) is 0 Å². The van der Waals surface area contributed by atoms with E-state index in [1.54, 1.807) is 11.5 Å². The highest BCUT2D eigenvalue weighted by Gasteiger charge is 2.15. The first-order valence-corrected chi connectivity index (χ1v) is 6.14. The minimum atomic E-state index is -0.540. The Kier molecular flexibility index (Phi) is 8.49. The number of amides is 1. The fourth-order valence-corrected chi connectivity index (χ4v) is 1.61. The molecule has 2 N–H and O–H groups in total. The molecule has 1 aromatic rings. The van der Waals surface area contributed by atoms with Crippen molar-refractivity contribution in [1.82, 2.24) is 20.2 Å². The van der Waals surface area contributed by atoms with Crippen LogP contribution < -0.4 is 10.6 Å². The van der Waals surface area contributed by atoms with Gasteiger partial charge in [-0.1, -0.05) is 0 Å². The third-order valence-electron chi connectivity index (χ3n) is 2.66. The van der Waals surface area contributed by atoms with Crippen LogP contribution >= 0.6 is 12.4 Å². The van der Waals surface area contributed by atoms with Crippen LogP contribution in [0.25, 0.3) is 0 Å². The SMILES string of the molecule is CNCCCNC(=O)CCn1cc([N+](=O)[O-])nc1C.Cl. The quantitative estimate of drug-likeness (QED) is 0.417. The maximum absolute atomic E-state index is 11.5. The molecule has 0 aromatic carbocycles. The number of nitrogens with one attached hydrogen (secondary N) is 2. The summed E-state index contributed by atoms with van der Waals surface area (Å²) in [6, 6.07) is 0. The van der Waals surface area contributed by atoms with Crippen LogP contribution in [0.5, 0.6) is 0 Å². The molecule has 0 spiro atoms. The Labute approximate surface area is 123 Å². The molecular weight excluding hydrogens is 286 g/mol. The average Bonchev–Trinajstić information content (AvgIpc) is 2.74. The van der Waals surface area contributed by atoms with E-state index < -0.39 is 4.92 Å². The second-order valence-corrected chi connectivity index (χ2v) is 4.15. The second-order valence-electron chi connectivity index (χ2n) is 4.15. The highest BCUT2D eigenvalue weighted by Crippen LogP contribution is 2.10. The summed E-state index contributed by atoms with van der Waals surface area (Å²) in [5.41, 5.74) is 0. The maximum atomic E-state index is 11.5. The molecule has 0 fully saturated rings. The molecule has 0 radical (unpaired) electrons. The number of nitro groups is 1. The maximum Gasteiger partial charge on any atom is 0.381 e. The zero-order valence-electron chi connectivity index (χ0n) is 11.6. The standard InChI is InChI=1S/C11H19N5O3.ClH/c1-9-14-10(16(18)19)8-15(9)7-4-11(17)13-6-3-5-12-2;/h8,12H,3-7H2,1-2H3,(H,13,17);1H. The molecule has 1 amide bonds. The number of carbonyl (C=O) groups excluding carboxylic acids is 1. The van der Waals surface area contributed by atoms with Crippen LogP contribution in [-0.4, -0.2) is 40.5 Å². The van der Waals surface area contributed by atoms with Gasteiger partial charge in [-0.3, -0.25) is 4.79 Å². The van der Waals surface area contributed by atoms with Crippen molar-refractivity contribution < 1.29 is 9.72 Å². The summed E-state index contributed by atoms with van der Waals surface area (Å²) in [6.07, 6.45) is 2.51. The van der Waals surface area contributed by atoms with Gasteiger partial charge in [0, 0.05) is 26.4 Å². The molecule has 0 atom stereocenters. The number of rotatable bonds is 8. The van der Waals surface area contributed by atoms with E-state index in [1.165, 1.54) is 6.20 Å². The van der Waals surface area contributed by atoms with Gasteiger partial charge in [0.2, 0.25) is 11.7 Å². The number of aromatic nitrogens is 2. The molecular formula is C11H20ClN5O3. The molecule has 0 aliphatic rings. The van der Waals surface area contributed by atoms with E-state index in [4.69, 9.17) is 0 Å². The van der Waals surface area contributed by atoms with E-state index >= 15 is 0 Å². The van der Waals surface area contributed by atoms with Gasteiger partial charge < -0.3 is 25.3 Å². The fraction of sp³-hybridized carbons (Fsp3) is 0.636. The van der Waals surface area contributed by atoms with Gasteiger partial charge in [-0.2, -0.15) is 0 Å². The van der Waals surface area contributed by atoms with Gasteiger partial charge >= 0.3 is 5.82 Å². The predicted octanol–water partition coefficient (Wildman–Crippen LogP) is 0.637. The lowest BCUT2D eigenvalue weighted by molar-refractivity contribution is -0.389. The van der Waals surface area contributed by atoms with Crippen molar-refractivity contribution in [3.05, 3.63) is 22.1 Å². The van der Waals surface area contributed by atoms with Crippen molar-refractivity contribution >= 4 is 24.1 Å². The van der Waals surface area contributed by atoms with Crippen molar-refractivity contribution in [1.29, 1.82) is 0 Å². The van der Waals surface area contributed by atoms with Gasteiger partial charge in [0.1, 0.15) is 6.20 Å². The van der Waals surface area contributed by atoms with Crippen molar-refractivity contribution in [2.75, 3.05) is 20.1 Å². The summed E-state index contributed by atoms with van der Waals surface area (Å²) >= 11 is 0.